The number of fused-ring (bicyclic) bond motifs is 1. The van der Waals surface area contributed by atoms with Crippen molar-refractivity contribution in [2.75, 3.05) is 0 Å². The molecule has 0 bridgehead atoms. The van der Waals surface area contributed by atoms with Crippen LogP contribution in [-0.2, 0) is 6.42 Å². The van der Waals surface area contributed by atoms with Crippen molar-refractivity contribution in [3.8, 4) is 0 Å². The number of aromatic nitrogens is 1. The molecule has 1 heterocycles. The van der Waals surface area contributed by atoms with Crippen molar-refractivity contribution in [1.82, 2.24) is 4.98 Å². The van der Waals surface area contributed by atoms with Gasteiger partial charge in [-0.25, -0.2) is 0 Å². The van der Waals surface area contributed by atoms with Crippen LogP contribution in [0.1, 0.15) is 12.5 Å². The minimum Gasteiger partial charge on any atom is -0.256 e. The molecule has 0 aliphatic heterocycles. The smallest absolute Gasteiger partial charge is 0.0702 e. The summed E-state index contributed by atoms with van der Waals surface area (Å²) < 4.78 is 0. The molecule has 0 amide bonds. The molecular formula is C11H11N. The van der Waals surface area contributed by atoms with Gasteiger partial charge in [0.1, 0.15) is 0 Å². The Morgan fingerprint density at radius 1 is 1.25 bits per heavy atom. The van der Waals surface area contributed by atoms with Crippen LogP contribution in [0, 0.1) is 0 Å². The molecule has 1 heteroatoms. The van der Waals surface area contributed by atoms with Crippen molar-refractivity contribution in [2.24, 2.45) is 0 Å². The standard InChI is InChI=1S/C11H11N/c1-2-9-5-6-11-10(8-9)4-3-7-12-11/h3-8H,2H2,1H3. The molecule has 0 radical (unpaired) electrons. The van der Waals surface area contributed by atoms with Crippen LogP contribution in [0.25, 0.3) is 10.9 Å². The van der Waals surface area contributed by atoms with Crippen LogP contribution in [-0.4, -0.2) is 4.98 Å². The lowest BCUT2D eigenvalue weighted by Crippen LogP contribution is -1.81. The summed E-state index contributed by atoms with van der Waals surface area (Å²) in [6.07, 6.45) is 2.92. The molecule has 12 heavy (non-hydrogen) atoms. The average Bonchev–Trinajstić information content (AvgIpc) is 2.17. The molecular weight excluding hydrogens is 146 g/mol. The van der Waals surface area contributed by atoms with Gasteiger partial charge in [0, 0.05) is 11.6 Å². The first-order valence-corrected chi connectivity index (χ1v) is 4.24. The molecule has 2 aromatic rings. The number of nitrogens with zero attached hydrogens (tertiary/aromatic N) is 1. The molecule has 1 aromatic carbocycles. The Kier molecular flexibility index (Phi) is 1.78. The molecule has 1 aromatic heterocycles. The molecule has 0 saturated heterocycles. The lowest BCUT2D eigenvalue weighted by atomic mass is 10.1. The highest BCUT2D eigenvalue weighted by atomic mass is 14.6. The van der Waals surface area contributed by atoms with Gasteiger partial charge in [-0.2, -0.15) is 0 Å². The summed E-state index contributed by atoms with van der Waals surface area (Å²) in [4.78, 5) is 4.26. The average molecular weight is 157 g/mol. The van der Waals surface area contributed by atoms with Crippen LogP contribution in [0.15, 0.2) is 36.5 Å². The van der Waals surface area contributed by atoms with E-state index in [2.05, 4.69) is 36.2 Å². The summed E-state index contributed by atoms with van der Waals surface area (Å²) in [5, 5.41) is 1.23. The minimum atomic E-state index is 1.08. The number of rotatable bonds is 1. The van der Waals surface area contributed by atoms with Gasteiger partial charge in [0.25, 0.3) is 0 Å². The van der Waals surface area contributed by atoms with Gasteiger partial charge in [0.2, 0.25) is 0 Å². The molecule has 0 aliphatic carbocycles. The molecule has 0 aliphatic rings. The van der Waals surface area contributed by atoms with Crippen molar-refractivity contribution >= 4 is 10.9 Å². The highest BCUT2D eigenvalue weighted by molar-refractivity contribution is 5.78. The first-order valence-electron chi connectivity index (χ1n) is 4.24. The second-order valence-electron chi connectivity index (χ2n) is 2.88. The van der Waals surface area contributed by atoms with Crippen molar-refractivity contribution in [3.05, 3.63) is 42.1 Å². The fraction of sp³-hybridized carbons (Fsp3) is 0.182. The predicted octanol–water partition coefficient (Wildman–Crippen LogP) is 2.80. The molecule has 1 nitrogen and oxygen atoms in total. The van der Waals surface area contributed by atoms with Gasteiger partial charge in [-0.15, -0.1) is 0 Å². The highest BCUT2D eigenvalue weighted by Gasteiger charge is 1.93. The van der Waals surface area contributed by atoms with Crippen LogP contribution in [0.3, 0.4) is 0 Å². The third-order valence-electron chi connectivity index (χ3n) is 2.08. The zero-order chi connectivity index (χ0) is 8.39. The Labute approximate surface area is 72.1 Å². The molecule has 0 N–H and O–H groups in total. The molecule has 0 atom stereocenters. The Balaban J connectivity index is 2.67. The summed E-state index contributed by atoms with van der Waals surface area (Å²) in [5.74, 6) is 0. The first-order chi connectivity index (χ1) is 5.90. The van der Waals surface area contributed by atoms with E-state index in [-0.39, 0.29) is 0 Å². The van der Waals surface area contributed by atoms with Gasteiger partial charge >= 0.3 is 0 Å². The van der Waals surface area contributed by atoms with Gasteiger partial charge in [-0.1, -0.05) is 19.1 Å². The van der Waals surface area contributed by atoms with Gasteiger partial charge < -0.3 is 0 Å². The Hall–Kier alpha value is -1.37. The maximum Gasteiger partial charge on any atom is 0.0702 e. The third-order valence-corrected chi connectivity index (χ3v) is 2.08. The van der Waals surface area contributed by atoms with Crippen LogP contribution >= 0.6 is 0 Å². The summed E-state index contributed by atoms with van der Waals surface area (Å²) in [6, 6.07) is 10.5. The van der Waals surface area contributed by atoms with E-state index in [9.17, 15) is 0 Å². The van der Waals surface area contributed by atoms with Crippen LogP contribution in [0.2, 0.25) is 0 Å². The molecule has 0 fully saturated rings. The van der Waals surface area contributed by atoms with Crippen molar-refractivity contribution in [3.63, 3.8) is 0 Å². The van der Waals surface area contributed by atoms with Gasteiger partial charge in [-0.3, -0.25) is 4.98 Å². The van der Waals surface area contributed by atoms with Crippen molar-refractivity contribution in [2.45, 2.75) is 13.3 Å². The van der Waals surface area contributed by atoms with Gasteiger partial charge in [-0.05, 0) is 30.2 Å². The van der Waals surface area contributed by atoms with Gasteiger partial charge in [0.15, 0.2) is 0 Å². The van der Waals surface area contributed by atoms with E-state index in [1.165, 1.54) is 10.9 Å². The lowest BCUT2D eigenvalue weighted by molar-refractivity contribution is 1.14. The number of hydrogen-bond acceptors (Lipinski definition) is 1. The fourth-order valence-electron chi connectivity index (χ4n) is 1.34. The van der Waals surface area contributed by atoms with Crippen LogP contribution in [0.4, 0.5) is 0 Å². The van der Waals surface area contributed by atoms with Crippen molar-refractivity contribution < 1.29 is 0 Å². The number of benzene rings is 1. The maximum atomic E-state index is 4.26. The van der Waals surface area contributed by atoms with Crippen LogP contribution in [0.5, 0.6) is 0 Å². The molecule has 0 spiro atoms. The Morgan fingerprint density at radius 2 is 2.17 bits per heavy atom. The molecule has 60 valence electrons. The van der Waals surface area contributed by atoms with E-state index in [1.54, 1.807) is 0 Å². The molecule has 0 saturated carbocycles. The van der Waals surface area contributed by atoms with E-state index in [0.717, 1.165) is 11.9 Å². The normalized spacial score (nSPS) is 10.4. The lowest BCUT2D eigenvalue weighted by Gasteiger charge is -1.98. The van der Waals surface area contributed by atoms with Gasteiger partial charge in [0.05, 0.1) is 5.52 Å². The minimum absolute atomic E-state index is 1.08. The number of pyridine rings is 1. The molecule has 2 rings (SSSR count). The second kappa shape index (κ2) is 2.94. The summed E-state index contributed by atoms with van der Waals surface area (Å²) >= 11 is 0. The Morgan fingerprint density at radius 3 is 3.00 bits per heavy atom. The van der Waals surface area contributed by atoms with Crippen LogP contribution < -0.4 is 0 Å². The quantitative estimate of drug-likeness (QED) is 0.620. The first kappa shape index (κ1) is 7.29. The van der Waals surface area contributed by atoms with E-state index in [1.807, 2.05) is 12.3 Å². The third kappa shape index (κ3) is 1.18. The number of hydrogen-bond donors (Lipinski definition) is 0. The molecule has 0 unspecified atom stereocenters. The Bertz CT molecular complexity index is 393. The highest BCUT2D eigenvalue weighted by Crippen LogP contribution is 2.13. The number of aryl methyl sites for hydroxylation is 1. The zero-order valence-electron chi connectivity index (χ0n) is 7.12. The maximum absolute atomic E-state index is 4.26. The SMILES string of the molecule is CCc1ccc2ncccc2c1. The topological polar surface area (TPSA) is 12.9 Å². The largest absolute Gasteiger partial charge is 0.256 e. The van der Waals surface area contributed by atoms with E-state index in [0.29, 0.717) is 0 Å². The second-order valence-corrected chi connectivity index (χ2v) is 2.88. The predicted molar refractivity (Wildman–Crippen MR) is 51.1 cm³/mol. The van der Waals surface area contributed by atoms with E-state index >= 15 is 0 Å². The van der Waals surface area contributed by atoms with Crippen molar-refractivity contribution in [1.29, 1.82) is 0 Å². The zero-order valence-corrected chi connectivity index (χ0v) is 7.12. The summed E-state index contributed by atoms with van der Waals surface area (Å²) in [6.45, 7) is 2.16. The fourth-order valence-corrected chi connectivity index (χ4v) is 1.34. The van der Waals surface area contributed by atoms with E-state index in [4.69, 9.17) is 0 Å². The van der Waals surface area contributed by atoms with E-state index < -0.39 is 0 Å². The summed E-state index contributed by atoms with van der Waals surface area (Å²) in [7, 11) is 0. The monoisotopic (exact) mass is 157 g/mol. The summed E-state index contributed by atoms with van der Waals surface area (Å²) in [5.41, 5.74) is 2.45.